The van der Waals surface area contributed by atoms with Crippen LogP contribution in [0.5, 0.6) is 0 Å². The molecule has 2 aliphatic rings. The van der Waals surface area contributed by atoms with Crippen LogP contribution in [0.25, 0.3) is 0 Å². The number of nitrogens with zero attached hydrogens (tertiary/aromatic N) is 2. The van der Waals surface area contributed by atoms with Gasteiger partial charge in [0.2, 0.25) is 5.91 Å². The maximum Gasteiger partial charge on any atom is 0.308 e. The first kappa shape index (κ1) is 13.9. The molecule has 0 bridgehead atoms. The fourth-order valence-corrected chi connectivity index (χ4v) is 3.20. The molecule has 1 aromatic carbocycles. The lowest BCUT2D eigenvalue weighted by molar-refractivity contribution is -0.141. The van der Waals surface area contributed by atoms with Gasteiger partial charge in [-0.25, -0.2) is 0 Å². The summed E-state index contributed by atoms with van der Waals surface area (Å²) in [5.74, 6) is -1.57. The number of hydrogen-bond donors (Lipinski definition) is 1. The topological polar surface area (TPSA) is 60.9 Å². The quantitative estimate of drug-likeness (QED) is 0.925. The van der Waals surface area contributed by atoms with E-state index in [1.807, 2.05) is 24.3 Å². The summed E-state index contributed by atoms with van der Waals surface area (Å²) in [6, 6.07) is 7.83. The van der Waals surface area contributed by atoms with Gasteiger partial charge in [0.05, 0.1) is 17.3 Å². The first-order chi connectivity index (χ1) is 10.2. The van der Waals surface area contributed by atoms with Gasteiger partial charge in [0.25, 0.3) is 0 Å². The number of para-hydroxylation sites is 2. The van der Waals surface area contributed by atoms with Crippen LogP contribution in [-0.4, -0.2) is 36.6 Å². The molecule has 1 N–H and O–H groups in total. The third kappa shape index (κ3) is 2.73. The van der Waals surface area contributed by atoms with E-state index in [2.05, 4.69) is 4.90 Å². The molecule has 112 valence electrons. The van der Waals surface area contributed by atoms with Crippen LogP contribution in [0.4, 0.5) is 11.4 Å². The smallest absolute Gasteiger partial charge is 0.308 e. The fourth-order valence-electron chi connectivity index (χ4n) is 3.20. The lowest BCUT2D eigenvalue weighted by Gasteiger charge is -2.32. The molecular weight excluding hydrogens is 268 g/mol. The minimum absolute atomic E-state index is 0.0909. The normalized spacial score (nSPS) is 22.7. The number of hydrogen-bond acceptors (Lipinski definition) is 3. The highest BCUT2D eigenvalue weighted by atomic mass is 16.4. The lowest BCUT2D eigenvalue weighted by Crippen LogP contribution is -2.33. The minimum atomic E-state index is -0.888. The predicted molar refractivity (Wildman–Crippen MR) is 80.6 cm³/mol. The van der Waals surface area contributed by atoms with Crippen LogP contribution in [0.2, 0.25) is 0 Å². The summed E-state index contributed by atoms with van der Waals surface area (Å²) in [6.07, 6.45) is 3.69. The van der Waals surface area contributed by atoms with E-state index in [4.69, 9.17) is 5.11 Å². The summed E-state index contributed by atoms with van der Waals surface area (Å²) in [6.45, 7) is 2.28. The van der Waals surface area contributed by atoms with Crippen molar-refractivity contribution in [3.63, 3.8) is 0 Å². The van der Waals surface area contributed by atoms with Gasteiger partial charge >= 0.3 is 5.97 Å². The van der Waals surface area contributed by atoms with E-state index in [0.717, 1.165) is 24.5 Å². The van der Waals surface area contributed by atoms with Gasteiger partial charge in [0.15, 0.2) is 0 Å². The van der Waals surface area contributed by atoms with Crippen molar-refractivity contribution in [2.45, 2.75) is 25.7 Å². The summed E-state index contributed by atoms with van der Waals surface area (Å²) >= 11 is 0. The fraction of sp³-hybridized carbons (Fsp3) is 0.500. The van der Waals surface area contributed by atoms with Gasteiger partial charge in [-0.3, -0.25) is 9.59 Å². The molecule has 0 unspecified atom stereocenters. The van der Waals surface area contributed by atoms with E-state index in [-0.39, 0.29) is 18.9 Å². The molecule has 2 aliphatic heterocycles. The van der Waals surface area contributed by atoms with Crippen LogP contribution in [0, 0.1) is 5.92 Å². The first-order valence-electron chi connectivity index (χ1n) is 7.54. The van der Waals surface area contributed by atoms with Crippen LogP contribution < -0.4 is 9.80 Å². The highest BCUT2D eigenvalue weighted by Crippen LogP contribution is 2.34. The Labute approximate surface area is 124 Å². The molecule has 1 aromatic rings. The molecule has 2 saturated heterocycles. The number of carboxylic acids is 1. The number of amides is 1. The van der Waals surface area contributed by atoms with Crippen molar-refractivity contribution < 1.29 is 14.7 Å². The van der Waals surface area contributed by atoms with Crippen molar-refractivity contribution in [2.24, 2.45) is 5.92 Å². The Morgan fingerprint density at radius 3 is 2.38 bits per heavy atom. The Morgan fingerprint density at radius 2 is 1.76 bits per heavy atom. The van der Waals surface area contributed by atoms with Crippen molar-refractivity contribution in [3.05, 3.63) is 24.3 Å². The molecule has 0 saturated carbocycles. The van der Waals surface area contributed by atoms with Crippen molar-refractivity contribution in [3.8, 4) is 0 Å². The second kappa shape index (κ2) is 5.76. The Morgan fingerprint density at radius 1 is 1.10 bits per heavy atom. The Hall–Kier alpha value is -2.04. The maximum atomic E-state index is 12.2. The maximum absolute atomic E-state index is 12.2. The molecule has 1 atom stereocenters. The van der Waals surface area contributed by atoms with Gasteiger partial charge in [-0.2, -0.15) is 0 Å². The lowest BCUT2D eigenvalue weighted by atomic mass is 10.1. The Kier molecular flexibility index (Phi) is 3.82. The van der Waals surface area contributed by atoms with Gasteiger partial charge < -0.3 is 14.9 Å². The molecule has 2 fully saturated rings. The summed E-state index contributed by atoms with van der Waals surface area (Å²) in [5.41, 5.74) is 1.91. The number of carbonyl (C=O) groups excluding carboxylic acids is 1. The number of benzene rings is 1. The molecule has 3 rings (SSSR count). The van der Waals surface area contributed by atoms with Gasteiger partial charge in [0, 0.05) is 26.1 Å². The van der Waals surface area contributed by atoms with Crippen LogP contribution in [-0.2, 0) is 9.59 Å². The van der Waals surface area contributed by atoms with Gasteiger partial charge in [-0.15, -0.1) is 0 Å². The van der Waals surface area contributed by atoms with E-state index >= 15 is 0 Å². The summed E-state index contributed by atoms with van der Waals surface area (Å²) in [7, 11) is 0. The van der Waals surface area contributed by atoms with E-state index in [1.165, 1.54) is 19.3 Å². The predicted octanol–water partition coefficient (Wildman–Crippen LogP) is 2.11. The molecular formula is C16H20N2O3. The third-order valence-electron chi connectivity index (χ3n) is 4.34. The molecule has 0 spiro atoms. The zero-order valence-electron chi connectivity index (χ0n) is 12.0. The zero-order chi connectivity index (χ0) is 14.8. The monoisotopic (exact) mass is 288 g/mol. The van der Waals surface area contributed by atoms with Crippen molar-refractivity contribution in [1.82, 2.24) is 0 Å². The van der Waals surface area contributed by atoms with E-state index in [1.54, 1.807) is 4.90 Å². The SMILES string of the molecule is O=C(O)[C@@H]1CC(=O)N(c2ccccc2N2CCCCC2)C1. The van der Waals surface area contributed by atoms with Crippen LogP contribution in [0.1, 0.15) is 25.7 Å². The number of aliphatic carboxylic acids is 1. The van der Waals surface area contributed by atoms with Crippen LogP contribution >= 0.6 is 0 Å². The average Bonchev–Trinajstić information content (AvgIpc) is 2.90. The summed E-state index contributed by atoms with van der Waals surface area (Å²) < 4.78 is 0. The molecule has 0 radical (unpaired) electrons. The molecule has 1 amide bonds. The first-order valence-corrected chi connectivity index (χ1v) is 7.54. The third-order valence-corrected chi connectivity index (χ3v) is 4.34. The minimum Gasteiger partial charge on any atom is -0.481 e. The molecule has 0 aliphatic carbocycles. The molecule has 21 heavy (non-hydrogen) atoms. The van der Waals surface area contributed by atoms with Crippen LogP contribution in [0.3, 0.4) is 0 Å². The van der Waals surface area contributed by atoms with Crippen molar-refractivity contribution in [2.75, 3.05) is 29.4 Å². The Balaban J connectivity index is 1.88. The van der Waals surface area contributed by atoms with Gasteiger partial charge in [-0.05, 0) is 31.4 Å². The van der Waals surface area contributed by atoms with E-state index in [9.17, 15) is 9.59 Å². The molecule has 2 heterocycles. The summed E-state index contributed by atoms with van der Waals surface area (Å²) in [5, 5.41) is 9.12. The average molecular weight is 288 g/mol. The number of anilines is 2. The second-order valence-electron chi connectivity index (χ2n) is 5.78. The summed E-state index contributed by atoms with van der Waals surface area (Å²) in [4.78, 5) is 27.2. The number of rotatable bonds is 3. The van der Waals surface area contributed by atoms with E-state index < -0.39 is 11.9 Å². The highest BCUT2D eigenvalue weighted by molar-refractivity contribution is 6.01. The van der Waals surface area contributed by atoms with Crippen LogP contribution in [0.15, 0.2) is 24.3 Å². The Bertz CT molecular complexity index is 552. The molecule has 0 aromatic heterocycles. The van der Waals surface area contributed by atoms with Gasteiger partial charge in [-0.1, -0.05) is 12.1 Å². The number of carboxylic acid groups (broad SMARTS) is 1. The van der Waals surface area contributed by atoms with E-state index in [0.29, 0.717) is 0 Å². The molecule has 5 heteroatoms. The second-order valence-corrected chi connectivity index (χ2v) is 5.78. The molecule has 5 nitrogen and oxygen atoms in total. The largest absolute Gasteiger partial charge is 0.481 e. The van der Waals surface area contributed by atoms with Crippen molar-refractivity contribution >= 4 is 23.3 Å². The zero-order valence-corrected chi connectivity index (χ0v) is 12.0. The number of carbonyl (C=O) groups is 2. The highest BCUT2D eigenvalue weighted by Gasteiger charge is 2.36. The number of piperidine rings is 1. The standard InChI is InChI=1S/C16H20N2O3/c19-15-10-12(16(20)21)11-18(15)14-7-3-2-6-13(14)17-8-4-1-5-9-17/h2-3,6-7,12H,1,4-5,8-11H2,(H,20,21)/t12-/m1/s1. The van der Waals surface area contributed by atoms with Gasteiger partial charge in [0.1, 0.15) is 0 Å². The van der Waals surface area contributed by atoms with Crippen molar-refractivity contribution in [1.29, 1.82) is 0 Å².